The average Bonchev–Trinajstić information content (AvgIpc) is 3.16. The molecule has 130 valence electrons. The van der Waals surface area contributed by atoms with Crippen molar-refractivity contribution in [1.29, 1.82) is 0 Å². The Hall–Kier alpha value is -1.87. The molecule has 5 rings (SSSR count). The highest BCUT2D eigenvalue weighted by Crippen LogP contribution is 2.63. The van der Waals surface area contributed by atoms with Crippen molar-refractivity contribution in [2.45, 2.75) is 44.6 Å². The fourth-order valence-electron chi connectivity index (χ4n) is 6.68. The van der Waals surface area contributed by atoms with E-state index in [4.69, 9.17) is 0 Å². The zero-order chi connectivity index (χ0) is 17.2. The van der Waals surface area contributed by atoms with Crippen molar-refractivity contribution >= 4 is 12.0 Å². The number of anilines is 1. The second-order valence-electron chi connectivity index (χ2n) is 8.33. The minimum atomic E-state index is 0.0395. The zero-order valence-corrected chi connectivity index (χ0v) is 15.2. The molecular weight excluding hydrogens is 308 g/mol. The van der Waals surface area contributed by atoms with Gasteiger partial charge in [0.25, 0.3) is 0 Å². The molecule has 0 saturated carbocycles. The molecule has 4 atom stereocenters. The van der Waals surface area contributed by atoms with Crippen LogP contribution in [0.2, 0.25) is 0 Å². The number of carbonyl (C=O) groups is 1. The number of quaternary nitrogens is 1. The van der Waals surface area contributed by atoms with Crippen LogP contribution in [-0.2, 0) is 10.2 Å². The largest absolute Gasteiger partial charge is 0.357 e. The lowest BCUT2D eigenvalue weighted by Gasteiger charge is -2.53. The van der Waals surface area contributed by atoms with Gasteiger partial charge in [-0.3, -0.25) is 4.79 Å². The van der Waals surface area contributed by atoms with Crippen LogP contribution in [-0.4, -0.2) is 36.4 Å². The average molecular weight is 335 g/mol. The van der Waals surface area contributed by atoms with E-state index in [2.05, 4.69) is 49.5 Å². The fourth-order valence-corrected chi connectivity index (χ4v) is 6.68. The molecule has 0 aromatic heterocycles. The summed E-state index contributed by atoms with van der Waals surface area (Å²) in [5, 5.41) is 3.70. The summed E-state index contributed by atoms with van der Waals surface area (Å²) in [6.45, 7) is 8.08. The van der Waals surface area contributed by atoms with Gasteiger partial charge in [-0.2, -0.15) is 0 Å². The smallest absolute Gasteiger partial charge is 0.148 e. The summed E-state index contributed by atoms with van der Waals surface area (Å²) in [4.78, 5) is 12.2. The Labute approximate surface area is 150 Å². The minimum absolute atomic E-state index is 0.0395. The maximum Gasteiger partial charge on any atom is 0.148 e. The van der Waals surface area contributed by atoms with E-state index in [0.29, 0.717) is 12.0 Å². The maximum absolute atomic E-state index is 12.2. The molecule has 25 heavy (non-hydrogen) atoms. The van der Waals surface area contributed by atoms with Gasteiger partial charge in [0.05, 0.1) is 18.5 Å². The number of allylic oxidation sites excluding steroid dienone is 2. The van der Waals surface area contributed by atoms with Crippen molar-refractivity contribution < 1.29 is 9.28 Å². The van der Waals surface area contributed by atoms with E-state index in [1.807, 2.05) is 0 Å². The van der Waals surface area contributed by atoms with Crippen LogP contribution in [0.15, 0.2) is 47.2 Å². The zero-order valence-electron chi connectivity index (χ0n) is 15.2. The Morgan fingerprint density at radius 3 is 2.96 bits per heavy atom. The van der Waals surface area contributed by atoms with E-state index in [9.17, 15) is 4.79 Å². The molecule has 3 nitrogen and oxygen atoms in total. The van der Waals surface area contributed by atoms with Crippen LogP contribution in [0.3, 0.4) is 0 Å². The molecule has 2 bridgehead atoms. The first-order valence-electron chi connectivity index (χ1n) is 9.77. The van der Waals surface area contributed by atoms with Crippen molar-refractivity contribution in [3.63, 3.8) is 0 Å². The van der Waals surface area contributed by atoms with E-state index >= 15 is 0 Å². The third-order valence-corrected chi connectivity index (χ3v) is 7.53. The highest BCUT2D eigenvalue weighted by atomic mass is 16.1. The number of rotatable bonds is 3. The van der Waals surface area contributed by atoms with Crippen molar-refractivity contribution in [1.82, 2.24) is 0 Å². The summed E-state index contributed by atoms with van der Waals surface area (Å²) in [7, 11) is 0. The predicted octanol–water partition coefficient (Wildman–Crippen LogP) is 3.78. The van der Waals surface area contributed by atoms with Gasteiger partial charge in [-0.25, -0.2) is 0 Å². The molecule has 1 N–H and O–H groups in total. The van der Waals surface area contributed by atoms with E-state index in [1.54, 1.807) is 0 Å². The number of nitrogens with zero attached hydrogens (tertiary/aromatic N) is 1. The number of benzene rings is 1. The van der Waals surface area contributed by atoms with Crippen LogP contribution in [0.25, 0.3) is 0 Å². The number of aldehydes is 1. The van der Waals surface area contributed by atoms with Gasteiger partial charge in [0.15, 0.2) is 0 Å². The maximum atomic E-state index is 12.2. The van der Waals surface area contributed by atoms with Gasteiger partial charge in [-0.05, 0) is 30.5 Å². The number of carbonyl (C=O) groups excluding carboxylic acids is 1. The van der Waals surface area contributed by atoms with Gasteiger partial charge in [-0.15, -0.1) is 0 Å². The van der Waals surface area contributed by atoms with Crippen LogP contribution in [0.5, 0.6) is 0 Å². The highest BCUT2D eigenvalue weighted by molar-refractivity contribution is 5.84. The molecule has 3 heterocycles. The van der Waals surface area contributed by atoms with Gasteiger partial charge in [0.1, 0.15) is 18.9 Å². The Morgan fingerprint density at radius 1 is 1.36 bits per heavy atom. The molecule has 2 fully saturated rings. The number of para-hydroxylation sites is 1. The van der Waals surface area contributed by atoms with E-state index in [0.717, 1.165) is 31.2 Å². The van der Waals surface area contributed by atoms with Gasteiger partial charge >= 0.3 is 0 Å². The van der Waals surface area contributed by atoms with Crippen molar-refractivity contribution in [3.05, 3.63) is 52.7 Å². The molecule has 4 unspecified atom stereocenters. The topological polar surface area (TPSA) is 29.1 Å². The molecule has 4 aliphatic rings. The summed E-state index contributed by atoms with van der Waals surface area (Å²) in [5.41, 5.74) is 6.44. The van der Waals surface area contributed by atoms with Gasteiger partial charge in [0, 0.05) is 35.7 Å². The van der Waals surface area contributed by atoms with Gasteiger partial charge < -0.3 is 9.80 Å². The number of hydrogen-bond donors (Lipinski definition) is 1. The minimum Gasteiger partial charge on any atom is -0.357 e. The summed E-state index contributed by atoms with van der Waals surface area (Å²) in [6, 6.07) is 9.36. The molecule has 3 heteroatoms. The van der Waals surface area contributed by atoms with Crippen LogP contribution in [0.4, 0.5) is 5.69 Å². The first-order chi connectivity index (χ1) is 12.2. The predicted molar refractivity (Wildman–Crippen MR) is 100 cm³/mol. The summed E-state index contributed by atoms with van der Waals surface area (Å²) in [6.07, 6.45) is 6.96. The van der Waals surface area contributed by atoms with Crippen molar-refractivity contribution in [2.24, 2.45) is 5.92 Å². The molecule has 0 amide bonds. The molecule has 1 spiro atoms. The molecule has 0 radical (unpaired) electrons. The lowest BCUT2D eigenvalue weighted by molar-refractivity contribution is -0.941. The lowest BCUT2D eigenvalue weighted by Crippen LogP contribution is -2.63. The highest BCUT2D eigenvalue weighted by Gasteiger charge is 2.68. The van der Waals surface area contributed by atoms with Crippen LogP contribution < -0.4 is 5.32 Å². The van der Waals surface area contributed by atoms with Gasteiger partial charge in [0.2, 0.25) is 0 Å². The normalized spacial score (nSPS) is 39.2. The van der Waals surface area contributed by atoms with Crippen LogP contribution in [0, 0.1) is 5.92 Å². The lowest BCUT2D eigenvalue weighted by atomic mass is 9.61. The third kappa shape index (κ3) is 1.68. The molecule has 2 saturated heterocycles. The van der Waals surface area contributed by atoms with Crippen molar-refractivity contribution in [3.8, 4) is 0 Å². The number of piperidine rings is 1. The van der Waals surface area contributed by atoms with Crippen LogP contribution >= 0.6 is 0 Å². The summed E-state index contributed by atoms with van der Waals surface area (Å²) < 4.78 is 1.22. The molecular formula is C22H27N2O+. The molecule has 1 aromatic rings. The number of hydrogen-bond acceptors (Lipinski definition) is 2. The Bertz CT molecular complexity index is 823. The molecule has 1 aromatic carbocycles. The van der Waals surface area contributed by atoms with E-state index in [1.165, 1.54) is 46.5 Å². The van der Waals surface area contributed by atoms with Gasteiger partial charge in [-0.1, -0.05) is 31.2 Å². The quantitative estimate of drug-likeness (QED) is 0.517. The fraction of sp³-hybridized carbons (Fsp3) is 0.500. The monoisotopic (exact) mass is 335 g/mol. The Kier molecular flexibility index (Phi) is 3.12. The second-order valence-corrected chi connectivity index (χ2v) is 8.33. The van der Waals surface area contributed by atoms with Crippen molar-refractivity contribution in [2.75, 3.05) is 25.0 Å². The molecule has 3 aliphatic heterocycles. The third-order valence-electron chi connectivity index (χ3n) is 7.53. The number of nitrogens with one attached hydrogen (secondary N) is 1. The SMILES string of the molecule is CC=C1C[N+]2(CCC)CCC34C(=C(C=O)C1CC32)Nc1ccccc14. The Balaban J connectivity index is 1.81. The first kappa shape index (κ1) is 15.4. The van der Waals surface area contributed by atoms with E-state index < -0.39 is 0 Å². The Morgan fingerprint density at radius 2 is 2.20 bits per heavy atom. The first-order valence-corrected chi connectivity index (χ1v) is 9.77. The van der Waals surface area contributed by atoms with Crippen LogP contribution in [0.1, 0.15) is 38.7 Å². The molecule has 1 aliphatic carbocycles. The number of fused-ring (bicyclic) bond motifs is 2. The standard InChI is InChI=1S/C22H26N2O/c1-3-10-24-11-9-22-18-7-5-6-8-19(18)23-21(22)17(14-25)16(12-20(22)24)15(4-2)13-24/h4-8,14,16,20H,3,9-13H2,1-2H3/p+1. The van der Waals surface area contributed by atoms with E-state index in [-0.39, 0.29) is 5.41 Å². The summed E-state index contributed by atoms with van der Waals surface area (Å²) >= 11 is 0. The second kappa shape index (κ2) is 5.07. The summed E-state index contributed by atoms with van der Waals surface area (Å²) in [5.74, 6) is 0.318.